The number of aryl methyl sites for hydroxylation is 1. The molecule has 0 saturated heterocycles. The lowest BCUT2D eigenvalue weighted by molar-refractivity contribution is 0.655. The van der Waals surface area contributed by atoms with Gasteiger partial charge in [-0.3, -0.25) is 9.55 Å². The van der Waals surface area contributed by atoms with Crippen LogP contribution in [0.3, 0.4) is 0 Å². The molecule has 6 heteroatoms. The van der Waals surface area contributed by atoms with Gasteiger partial charge in [0.25, 0.3) is 0 Å². The Morgan fingerprint density at radius 2 is 1.94 bits per heavy atom. The molecule has 0 fully saturated rings. The zero-order chi connectivity index (χ0) is 12.4. The van der Waals surface area contributed by atoms with E-state index in [2.05, 4.69) is 9.97 Å². The second-order valence-corrected chi connectivity index (χ2v) is 4.04. The Labute approximate surface area is 102 Å². The fraction of sp³-hybridized carbons (Fsp3) is 0.182. The maximum absolute atomic E-state index is 11.6. The highest BCUT2D eigenvalue weighted by atomic mass is 35.5. The van der Waals surface area contributed by atoms with Crippen molar-refractivity contribution in [3.63, 3.8) is 0 Å². The van der Waals surface area contributed by atoms with E-state index >= 15 is 0 Å². The number of hydrogen-bond acceptors (Lipinski definition) is 3. The summed E-state index contributed by atoms with van der Waals surface area (Å²) < 4.78 is 1.39. The van der Waals surface area contributed by atoms with Crippen molar-refractivity contribution in [1.29, 1.82) is 0 Å². The van der Waals surface area contributed by atoms with Crippen molar-refractivity contribution in [1.82, 2.24) is 14.5 Å². The van der Waals surface area contributed by atoms with Crippen molar-refractivity contribution >= 4 is 11.6 Å². The predicted molar refractivity (Wildman–Crippen MR) is 64.4 cm³/mol. The Kier molecular flexibility index (Phi) is 3.10. The summed E-state index contributed by atoms with van der Waals surface area (Å²) in [5.74, 6) is 0.383. The van der Waals surface area contributed by atoms with Gasteiger partial charge in [-0.15, -0.1) is 0 Å². The SMILES string of the molecule is Cc1nc(=O)[nH]c(=O)n1Cc1ccc(Cl)cc1. The van der Waals surface area contributed by atoms with Gasteiger partial charge in [-0.2, -0.15) is 4.98 Å². The molecule has 5 nitrogen and oxygen atoms in total. The first kappa shape index (κ1) is 11.6. The van der Waals surface area contributed by atoms with E-state index in [-0.39, 0.29) is 0 Å². The van der Waals surface area contributed by atoms with Gasteiger partial charge in [0.15, 0.2) is 0 Å². The van der Waals surface area contributed by atoms with Gasteiger partial charge < -0.3 is 0 Å². The first-order valence-corrected chi connectivity index (χ1v) is 5.36. The molecule has 2 aromatic rings. The molecule has 0 amide bonds. The van der Waals surface area contributed by atoms with Crippen molar-refractivity contribution < 1.29 is 0 Å². The summed E-state index contributed by atoms with van der Waals surface area (Å²) >= 11 is 5.77. The summed E-state index contributed by atoms with van der Waals surface area (Å²) in [7, 11) is 0. The van der Waals surface area contributed by atoms with Gasteiger partial charge in [0.2, 0.25) is 0 Å². The van der Waals surface area contributed by atoms with Crippen LogP contribution in [0, 0.1) is 6.92 Å². The molecular weight excluding hydrogens is 242 g/mol. The third kappa shape index (κ3) is 2.62. The van der Waals surface area contributed by atoms with Crippen LogP contribution >= 0.6 is 11.6 Å². The number of nitrogens with zero attached hydrogens (tertiary/aromatic N) is 2. The zero-order valence-corrected chi connectivity index (χ0v) is 9.86. The normalized spacial score (nSPS) is 10.5. The summed E-state index contributed by atoms with van der Waals surface area (Å²) in [6.45, 7) is 1.97. The van der Waals surface area contributed by atoms with Crippen LogP contribution in [0.1, 0.15) is 11.4 Å². The highest BCUT2D eigenvalue weighted by molar-refractivity contribution is 6.30. The van der Waals surface area contributed by atoms with Crippen LogP contribution in [-0.2, 0) is 6.54 Å². The van der Waals surface area contributed by atoms with Crippen LogP contribution in [0.2, 0.25) is 5.02 Å². The second kappa shape index (κ2) is 4.55. The number of H-pyrrole nitrogens is 1. The Morgan fingerprint density at radius 3 is 2.53 bits per heavy atom. The molecule has 2 rings (SSSR count). The Balaban J connectivity index is 2.40. The maximum atomic E-state index is 11.6. The van der Waals surface area contributed by atoms with Crippen molar-refractivity contribution in [2.75, 3.05) is 0 Å². The molecule has 0 radical (unpaired) electrons. The van der Waals surface area contributed by atoms with E-state index < -0.39 is 11.4 Å². The monoisotopic (exact) mass is 251 g/mol. The Hall–Kier alpha value is -1.88. The molecule has 1 N–H and O–H groups in total. The van der Waals surface area contributed by atoms with Crippen molar-refractivity contribution in [2.24, 2.45) is 0 Å². The van der Waals surface area contributed by atoms with Gasteiger partial charge >= 0.3 is 11.4 Å². The minimum atomic E-state index is -0.625. The molecule has 0 bridgehead atoms. The third-order valence-corrected chi connectivity index (χ3v) is 2.62. The van der Waals surface area contributed by atoms with Crippen LogP contribution in [0.15, 0.2) is 33.9 Å². The van der Waals surface area contributed by atoms with E-state index in [4.69, 9.17) is 11.6 Å². The van der Waals surface area contributed by atoms with Gasteiger partial charge in [0.05, 0.1) is 6.54 Å². The summed E-state index contributed by atoms with van der Waals surface area (Å²) in [5.41, 5.74) is -0.175. The van der Waals surface area contributed by atoms with Gasteiger partial charge in [-0.25, -0.2) is 9.59 Å². The van der Waals surface area contributed by atoms with Gasteiger partial charge in [0, 0.05) is 5.02 Å². The smallest absolute Gasteiger partial charge is 0.277 e. The quantitative estimate of drug-likeness (QED) is 0.864. The number of halogens is 1. The largest absolute Gasteiger partial charge is 0.350 e. The van der Waals surface area contributed by atoms with Gasteiger partial charge in [0.1, 0.15) is 5.82 Å². The highest BCUT2D eigenvalue weighted by Gasteiger charge is 2.04. The first-order chi connectivity index (χ1) is 8.06. The van der Waals surface area contributed by atoms with E-state index in [1.165, 1.54) is 4.57 Å². The number of benzene rings is 1. The minimum Gasteiger partial charge on any atom is -0.277 e. The van der Waals surface area contributed by atoms with Crippen LogP contribution in [0.4, 0.5) is 0 Å². The molecule has 1 aromatic carbocycles. The lowest BCUT2D eigenvalue weighted by atomic mass is 10.2. The molecule has 0 unspecified atom stereocenters. The fourth-order valence-corrected chi connectivity index (χ4v) is 1.63. The molecular formula is C11H10ClN3O2. The second-order valence-electron chi connectivity index (χ2n) is 3.61. The number of rotatable bonds is 2. The highest BCUT2D eigenvalue weighted by Crippen LogP contribution is 2.10. The zero-order valence-electron chi connectivity index (χ0n) is 9.11. The van der Waals surface area contributed by atoms with Gasteiger partial charge in [-0.05, 0) is 24.6 Å². The standard InChI is InChI=1S/C11H10ClN3O2/c1-7-13-10(16)14-11(17)15(7)6-8-2-4-9(12)5-3-8/h2-5H,6H2,1H3,(H,14,16,17). The van der Waals surface area contributed by atoms with Crippen LogP contribution in [-0.4, -0.2) is 14.5 Å². The molecule has 17 heavy (non-hydrogen) atoms. The fourth-order valence-electron chi connectivity index (χ4n) is 1.50. The van der Waals surface area contributed by atoms with E-state index in [0.717, 1.165) is 5.56 Å². The third-order valence-electron chi connectivity index (χ3n) is 2.37. The van der Waals surface area contributed by atoms with Crippen LogP contribution in [0.25, 0.3) is 0 Å². The molecule has 1 heterocycles. The molecule has 0 saturated carbocycles. The van der Waals surface area contributed by atoms with Gasteiger partial charge in [-0.1, -0.05) is 23.7 Å². The summed E-state index contributed by atoms with van der Waals surface area (Å²) in [4.78, 5) is 28.3. The average molecular weight is 252 g/mol. The molecule has 0 atom stereocenters. The Bertz CT molecular complexity index is 643. The number of nitrogens with one attached hydrogen (secondary N) is 1. The molecule has 88 valence electrons. The topological polar surface area (TPSA) is 67.8 Å². The number of hydrogen-bond donors (Lipinski definition) is 1. The minimum absolute atomic E-state index is 0.353. The number of aromatic nitrogens is 3. The van der Waals surface area contributed by atoms with E-state index in [1.807, 2.05) is 12.1 Å². The van der Waals surface area contributed by atoms with Crippen molar-refractivity contribution in [3.05, 3.63) is 61.6 Å². The lowest BCUT2D eigenvalue weighted by Crippen LogP contribution is -2.34. The molecule has 0 aliphatic heterocycles. The molecule has 0 spiro atoms. The predicted octanol–water partition coefficient (Wildman–Crippen LogP) is 0.942. The van der Waals surface area contributed by atoms with Crippen LogP contribution in [0.5, 0.6) is 0 Å². The van der Waals surface area contributed by atoms with E-state index in [0.29, 0.717) is 17.4 Å². The molecule has 0 aliphatic carbocycles. The van der Waals surface area contributed by atoms with Crippen molar-refractivity contribution in [3.8, 4) is 0 Å². The maximum Gasteiger partial charge on any atom is 0.350 e. The molecule has 1 aromatic heterocycles. The Morgan fingerprint density at radius 1 is 1.29 bits per heavy atom. The summed E-state index contributed by atoms with van der Waals surface area (Å²) in [5, 5.41) is 0.636. The van der Waals surface area contributed by atoms with E-state index in [1.54, 1.807) is 19.1 Å². The average Bonchev–Trinajstić information content (AvgIpc) is 2.26. The summed E-state index contributed by atoms with van der Waals surface area (Å²) in [6, 6.07) is 7.13. The lowest BCUT2D eigenvalue weighted by Gasteiger charge is -2.07. The van der Waals surface area contributed by atoms with Crippen molar-refractivity contribution in [2.45, 2.75) is 13.5 Å². The molecule has 0 aliphatic rings. The summed E-state index contributed by atoms with van der Waals surface area (Å²) in [6.07, 6.45) is 0. The number of aromatic amines is 1. The first-order valence-electron chi connectivity index (χ1n) is 4.98. The van der Waals surface area contributed by atoms with Crippen LogP contribution < -0.4 is 11.4 Å². The van der Waals surface area contributed by atoms with E-state index in [9.17, 15) is 9.59 Å².